The third-order valence-electron chi connectivity index (χ3n) is 5.39. The van der Waals surface area contributed by atoms with Gasteiger partial charge in [-0.15, -0.1) is 5.01 Å². The zero-order valence-corrected chi connectivity index (χ0v) is 17.6. The van der Waals surface area contributed by atoms with E-state index in [1.165, 1.54) is 6.21 Å². The summed E-state index contributed by atoms with van der Waals surface area (Å²) in [5.74, 6) is 0.359. The van der Waals surface area contributed by atoms with Crippen molar-refractivity contribution < 1.29 is 14.3 Å². The number of rotatable bonds is 6. The van der Waals surface area contributed by atoms with E-state index >= 15 is 0 Å². The Kier molecular flexibility index (Phi) is 5.29. The highest BCUT2D eigenvalue weighted by Gasteiger charge is 2.46. The molecule has 3 amide bonds. The van der Waals surface area contributed by atoms with Gasteiger partial charge in [0, 0.05) is 17.3 Å². The third-order valence-corrected chi connectivity index (χ3v) is 5.39. The van der Waals surface area contributed by atoms with Crippen LogP contribution in [-0.2, 0) is 4.79 Å². The fourth-order valence-electron chi connectivity index (χ4n) is 3.30. The van der Waals surface area contributed by atoms with E-state index in [9.17, 15) is 9.59 Å². The highest BCUT2D eigenvalue weighted by molar-refractivity contribution is 6.07. The molecule has 0 bridgehead atoms. The summed E-state index contributed by atoms with van der Waals surface area (Å²) in [5, 5.41) is 12.5. The average Bonchev–Trinajstić information content (AvgIpc) is 3.32. The molecule has 1 unspecified atom stereocenters. The maximum Gasteiger partial charge on any atom is 0.346 e. The molecule has 0 saturated carbocycles. The van der Waals surface area contributed by atoms with E-state index in [0.29, 0.717) is 17.7 Å². The van der Waals surface area contributed by atoms with E-state index in [2.05, 4.69) is 10.4 Å². The van der Waals surface area contributed by atoms with Crippen LogP contribution in [0.4, 0.5) is 4.79 Å². The number of nitrogens with one attached hydrogen (secondary N) is 1. The Hall–Kier alpha value is -3.94. The zero-order valence-electron chi connectivity index (χ0n) is 17.6. The molecule has 31 heavy (non-hydrogen) atoms. The fraction of sp³-hybridized carbons (Fsp3) is 0.217. The van der Waals surface area contributed by atoms with Crippen LogP contribution < -0.4 is 10.1 Å². The number of methoxy groups -OCH3 is 1. The Bertz CT molecular complexity index is 1140. The first kappa shape index (κ1) is 20.3. The number of carbonyl (C=O) groups is 2. The molecule has 2 aromatic carbocycles. The van der Waals surface area contributed by atoms with Crippen molar-refractivity contribution in [2.75, 3.05) is 7.11 Å². The van der Waals surface area contributed by atoms with Crippen LogP contribution in [0.5, 0.6) is 5.75 Å². The lowest BCUT2D eigenvalue weighted by molar-refractivity contribution is -0.130. The minimum absolute atomic E-state index is 0.377. The maximum absolute atomic E-state index is 12.6. The van der Waals surface area contributed by atoms with Crippen LogP contribution in [0.3, 0.4) is 0 Å². The summed E-state index contributed by atoms with van der Waals surface area (Å²) in [6.07, 6.45) is 3.79. The van der Waals surface area contributed by atoms with Crippen LogP contribution in [0.25, 0.3) is 16.9 Å². The molecule has 1 N–H and O–H groups in total. The number of hydrazone groups is 1. The van der Waals surface area contributed by atoms with Crippen LogP contribution in [0.2, 0.25) is 0 Å². The molecule has 0 spiro atoms. The van der Waals surface area contributed by atoms with Crippen molar-refractivity contribution in [2.45, 2.75) is 25.8 Å². The standard InChI is InChI=1S/C23H23N5O3/c1-4-23(2)21(29)28(22(30)25-23)24-14-17-15-27(18-8-6-5-7-9-18)26-20(17)16-10-12-19(31-3)13-11-16/h5-15H,4H2,1-3H3,(H,25,30)/b24-14+. The van der Waals surface area contributed by atoms with Crippen LogP contribution in [0.15, 0.2) is 65.9 Å². The number of benzene rings is 2. The number of ether oxygens (including phenoxy) is 1. The number of nitrogens with zero attached hydrogens (tertiary/aromatic N) is 4. The van der Waals surface area contributed by atoms with Gasteiger partial charge in [-0.05, 0) is 49.7 Å². The van der Waals surface area contributed by atoms with Gasteiger partial charge in [0.1, 0.15) is 17.0 Å². The van der Waals surface area contributed by atoms with E-state index in [1.807, 2.05) is 67.7 Å². The lowest BCUT2D eigenvalue weighted by Gasteiger charge is -2.17. The molecule has 8 nitrogen and oxygen atoms in total. The molecule has 3 aromatic rings. The molecular weight excluding hydrogens is 394 g/mol. The fourth-order valence-corrected chi connectivity index (χ4v) is 3.30. The number of amides is 3. The topological polar surface area (TPSA) is 88.8 Å². The van der Waals surface area contributed by atoms with Gasteiger partial charge in [0.05, 0.1) is 19.0 Å². The van der Waals surface area contributed by atoms with Crippen molar-refractivity contribution in [3.05, 3.63) is 66.4 Å². The predicted molar refractivity (Wildman–Crippen MR) is 117 cm³/mol. The predicted octanol–water partition coefficient (Wildman–Crippen LogP) is 3.60. The van der Waals surface area contributed by atoms with Crippen molar-refractivity contribution in [1.82, 2.24) is 20.1 Å². The van der Waals surface area contributed by atoms with Crippen LogP contribution in [0, 0.1) is 0 Å². The van der Waals surface area contributed by atoms with E-state index < -0.39 is 11.6 Å². The molecule has 158 valence electrons. The number of urea groups is 1. The van der Waals surface area contributed by atoms with Gasteiger partial charge in [0.25, 0.3) is 5.91 Å². The second-order valence-corrected chi connectivity index (χ2v) is 7.42. The molecule has 1 saturated heterocycles. The van der Waals surface area contributed by atoms with E-state index in [-0.39, 0.29) is 5.91 Å². The quantitative estimate of drug-likeness (QED) is 0.490. The molecular formula is C23H23N5O3. The van der Waals surface area contributed by atoms with Crippen molar-refractivity contribution in [1.29, 1.82) is 0 Å². The number of hydrogen-bond acceptors (Lipinski definition) is 5. The first-order valence-electron chi connectivity index (χ1n) is 9.95. The van der Waals surface area contributed by atoms with Gasteiger partial charge >= 0.3 is 6.03 Å². The molecule has 1 aromatic heterocycles. The summed E-state index contributed by atoms with van der Waals surface area (Å²) in [4.78, 5) is 24.9. The third kappa shape index (κ3) is 3.79. The van der Waals surface area contributed by atoms with Crippen LogP contribution in [-0.4, -0.2) is 45.6 Å². The smallest absolute Gasteiger partial charge is 0.346 e. The normalized spacial score (nSPS) is 18.6. The highest BCUT2D eigenvalue weighted by atomic mass is 16.5. The average molecular weight is 417 g/mol. The molecule has 1 atom stereocenters. The maximum atomic E-state index is 12.6. The van der Waals surface area contributed by atoms with E-state index in [4.69, 9.17) is 9.84 Å². The summed E-state index contributed by atoms with van der Waals surface area (Å²) < 4.78 is 6.98. The lowest BCUT2D eigenvalue weighted by atomic mass is 10.00. The Morgan fingerprint density at radius 3 is 2.45 bits per heavy atom. The van der Waals surface area contributed by atoms with Gasteiger partial charge in [-0.25, -0.2) is 9.48 Å². The minimum atomic E-state index is -0.943. The molecule has 1 aliphatic heterocycles. The largest absolute Gasteiger partial charge is 0.497 e. The number of hydrogen-bond donors (Lipinski definition) is 1. The first-order valence-corrected chi connectivity index (χ1v) is 9.95. The zero-order chi connectivity index (χ0) is 22.0. The molecule has 0 aliphatic carbocycles. The number of carbonyl (C=O) groups excluding carboxylic acids is 2. The van der Waals surface area contributed by atoms with E-state index in [0.717, 1.165) is 22.0 Å². The highest BCUT2D eigenvalue weighted by Crippen LogP contribution is 2.26. The van der Waals surface area contributed by atoms with Gasteiger partial charge in [-0.1, -0.05) is 25.1 Å². The second-order valence-electron chi connectivity index (χ2n) is 7.42. The summed E-state index contributed by atoms with van der Waals surface area (Å²) in [6, 6.07) is 16.6. The number of imide groups is 1. The molecule has 8 heteroatoms. The number of aromatic nitrogens is 2. The summed E-state index contributed by atoms with van der Waals surface area (Å²) >= 11 is 0. The Morgan fingerprint density at radius 2 is 1.84 bits per heavy atom. The van der Waals surface area contributed by atoms with Crippen LogP contribution in [0.1, 0.15) is 25.8 Å². The van der Waals surface area contributed by atoms with Crippen molar-refractivity contribution >= 4 is 18.2 Å². The van der Waals surface area contributed by atoms with Gasteiger partial charge < -0.3 is 10.1 Å². The Labute approximate surface area is 180 Å². The Balaban J connectivity index is 1.73. The van der Waals surface area contributed by atoms with Gasteiger partial charge in [0.2, 0.25) is 0 Å². The molecule has 0 radical (unpaired) electrons. The minimum Gasteiger partial charge on any atom is -0.497 e. The second kappa shape index (κ2) is 8.06. The van der Waals surface area contributed by atoms with Crippen LogP contribution >= 0.6 is 0 Å². The Morgan fingerprint density at radius 1 is 1.13 bits per heavy atom. The van der Waals surface area contributed by atoms with Gasteiger partial charge in [-0.2, -0.15) is 10.2 Å². The first-order chi connectivity index (χ1) is 14.9. The van der Waals surface area contributed by atoms with Crippen molar-refractivity contribution in [3.63, 3.8) is 0 Å². The monoisotopic (exact) mass is 417 g/mol. The van der Waals surface area contributed by atoms with E-state index in [1.54, 1.807) is 18.7 Å². The molecule has 2 heterocycles. The van der Waals surface area contributed by atoms with Crippen molar-refractivity contribution in [3.8, 4) is 22.7 Å². The molecule has 1 aliphatic rings. The lowest BCUT2D eigenvalue weighted by Crippen LogP contribution is -2.42. The summed E-state index contributed by atoms with van der Waals surface area (Å²) in [7, 11) is 1.61. The number of para-hydroxylation sites is 1. The van der Waals surface area contributed by atoms with Gasteiger partial charge in [-0.3, -0.25) is 4.79 Å². The van der Waals surface area contributed by atoms with Crippen molar-refractivity contribution in [2.24, 2.45) is 5.10 Å². The SMILES string of the molecule is CCC1(C)NC(=O)N(/N=C/c2cn(-c3ccccc3)nc2-c2ccc(OC)cc2)C1=O. The molecule has 4 rings (SSSR count). The summed E-state index contributed by atoms with van der Waals surface area (Å²) in [6.45, 7) is 3.54. The summed E-state index contributed by atoms with van der Waals surface area (Å²) in [5.41, 5.74) is 2.12. The molecule has 1 fully saturated rings. The van der Waals surface area contributed by atoms with Gasteiger partial charge in [0.15, 0.2) is 0 Å².